The molecule has 0 aromatic heterocycles. The molecule has 0 amide bonds. The lowest BCUT2D eigenvalue weighted by Crippen LogP contribution is -2.40. The molecule has 0 bridgehead atoms. The number of fused-ring (bicyclic) bond motifs is 1. The van der Waals surface area contributed by atoms with Gasteiger partial charge in [0.25, 0.3) is 0 Å². The predicted molar refractivity (Wildman–Crippen MR) is 75.1 cm³/mol. The van der Waals surface area contributed by atoms with Gasteiger partial charge in [0.1, 0.15) is 0 Å². The maximum Gasteiger partial charge on any atom is 0.0567 e. The highest BCUT2D eigenvalue weighted by Crippen LogP contribution is 2.41. The summed E-state index contributed by atoms with van der Waals surface area (Å²) in [6.45, 7) is 6.43. The zero-order chi connectivity index (χ0) is 12.9. The van der Waals surface area contributed by atoms with Crippen LogP contribution in [0.2, 0.25) is 0 Å². The Labute approximate surface area is 112 Å². The summed E-state index contributed by atoms with van der Waals surface area (Å²) in [5, 5.41) is 3.97. The Balaban J connectivity index is 2.07. The summed E-state index contributed by atoms with van der Waals surface area (Å²) in [4.78, 5) is 1.08. The second-order valence-corrected chi connectivity index (χ2v) is 7.52. The first kappa shape index (κ1) is 12.4. The van der Waals surface area contributed by atoms with Crippen LogP contribution in [0.1, 0.15) is 43.9 Å². The van der Waals surface area contributed by atoms with Crippen LogP contribution < -0.4 is 5.32 Å². The minimum absolute atomic E-state index is 0.231. The Morgan fingerprint density at radius 1 is 1.28 bits per heavy atom. The van der Waals surface area contributed by atoms with Gasteiger partial charge in [0.15, 0.2) is 0 Å². The number of hydrogen-bond donors (Lipinski definition) is 1. The molecule has 1 saturated carbocycles. The van der Waals surface area contributed by atoms with E-state index >= 15 is 0 Å². The molecule has 1 aromatic carbocycles. The first-order valence-corrected chi connectivity index (χ1v) is 8.07. The fourth-order valence-corrected chi connectivity index (χ4v) is 4.61. The molecule has 2 nitrogen and oxygen atoms in total. The third-order valence-electron chi connectivity index (χ3n) is 4.38. The van der Waals surface area contributed by atoms with Gasteiger partial charge in [0.2, 0.25) is 0 Å². The number of benzene rings is 1. The second kappa shape index (κ2) is 4.46. The summed E-state index contributed by atoms with van der Waals surface area (Å²) in [6.07, 6.45) is 2.59. The fourth-order valence-electron chi connectivity index (χ4n) is 2.88. The average molecular weight is 263 g/mol. The predicted octanol–water partition coefficient (Wildman–Crippen LogP) is 2.93. The maximum absolute atomic E-state index is 12.6. The molecule has 1 aromatic rings. The number of nitrogens with one attached hydrogen (secondary N) is 1. The lowest BCUT2D eigenvalue weighted by molar-refractivity contribution is 0.363. The smallest absolute Gasteiger partial charge is 0.0567 e. The molecule has 1 aliphatic carbocycles. The van der Waals surface area contributed by atoms with Gasteiger partial charge in [0.05, 0.1) is 10.8 Å². The van der Waals surface area contributed by atoms with Crippen molar-refractivity contribution in [2.45, 2.75) is 55.8 Å². The molecule has 1 heterocycles. The third kappa shape index (κ3) is 1.94. The van der Waals surface area contributed by atoms with Gasteiger partial charge >= 0.3 is 0 Å². The zero-order valence-electron chi connectivity index (χ0n) is 11.3. The van der Waals surface area contributed by atoms with Crippen LogP contribution in [-0.4, -0.2) is 15.5 Å². The van der Waals surface area contributed by atoms with E-state index < -0.39 is 10.8 Å². The minimum Gasteiger partial charge on any atom is -0.307 e. The Bertz CT molecular complexity index is 495. The van der Waals surface area contributed by atoms with Crippen LogP contribution in [0.25, 0.3) is 0 Å². The van der Waals surface area contributed by atoms with Gasteiger partial charge in [-0.2, -0.15) is 0 Å². The van der Waals surface area contributed by atoms with Crippen molar-refractivity contribution < 1.29 is 4.21 Å². The van der Waals surface area contributed by atoms with Gasteiger partial charge in [-0.1, -0.05) is 32.0 Å². The van der Waals surface area contributed by atoms with Crippen molar-refractivity contribution in [1.82, 2.24) is 5.32 Å². The molecule has 0 radical (unpaired) electrons. The molecule has 1 N–H and O–H groups in total. The highest BCUT2D eigenvalue weighted by molar-refractivity contribution is 7.85. The summed E-state index contributed by atoms with van der Waals surface area (Å²) in [5.41, 5.74) is 2.44. The molecule has 1 fully saturated rings. The van der Waals surface area contributed by atoms with Gasteiger partial charge in [-0.3, -0.25) is 4.21 Å². The topological polar surface area (TPSA) is 29.1 Å². The molecule has 18 heavy (non-hydrogen) atoms. The molecule has 98 valence electrons. The van der Waals surface area contributed by atoms with Gasteiger partial charge < -0.3 is 5.32 Å². The number of aryl methyl sites for hydroxylation is 1. The van der Waals surface area contributed by atoms with Crippen molar-refractivity contribution in [1.29, 1.82) is 0 Å². The van der Waals surface area contributed by atoms with E-state index in [4.69, 9.17) is 0 Å². The Morgan fingerprint density at radius 3 is 2.67 bits per heavy atom. The van der Waals surface area contributed by atoms with E-state index in [-0.39, 0.29) is 5.25 Å². The summed E-state index contributed by atoms with van der Waals surface area (Å²) in [6, 6.07) is 7.39. The number of rotatable bonds is 2. The standard InChI is InChI=1S/C15H21NOS/c1-9-5-4-6-13-14(16-12-7-8-12)10(2)11(3)18(17)15(9)13/h4-6,10-12,14,16H,7-8H2,1-3H3. The quantitative estimate of drug-likeness (QED) is 0.889. The van der Waals surface area contributed by atoms with Crippen LogP contribution in [0.3, 0.4) is 0 Å². The summed E-state index contributed by atoms with van der Waals surface area (Å²) < 4.78 is 12.6. The first-order chi connectivity index (χ1) is 8.59. The van der Waals surface area contributed by atoms with Gasteiger partial charge in [-0.05, 0) is 36.8 Å². The monoisotopic (exact) mass is 263 g/mol. The van der Waals surface area contributed by atoms with Crippen LogP contribution in [0.5, 0.6) is 0 Å². The summed E-state index contributed by atoms with van der Waals surface area (Å²) in [5.74, 6) is 0.431. The molecule has 2 aliphatic rings. The van der Waals surface area contributed by atoms with Crippen molar-refractivity contribution >= 4 is 10.8 Å². The van der Waals surface area contributed by atoms with Crippen LogP contribution in [0.15, 0.2) is 23.1 Å². The van der Waals surface area contributed by atoms with E-state index in [2.05, 4.69) is 44.3 Å². The highest BCUT2D eigenvalue weighted by atomic mass is 32.2. The molecular weight excluding hydrogens is 242 g/mol. The molecule has 4 atom stereocenters. The summed E-state index contributed by atoms with van der Waals surface area (Å²) in [7, 11) is -0.857. The van der Waals surface area contributed by atoms with Crippen molar-refractivity contribution in [2.75, 3.05) is 0 Å². The highest BCUT2D eigenvalue weighted by Gasteiger charge is 2.39. The fraction of sp³-hybridized carbons (Fsp3) is 0.600. The van der Waals surface area contributed by atoms with Gasteiger partial charge in [-0.25, -0.2) is 0 Å². The van der Waals surface area contributed by atoms with Crippen LogP contribution in [-0.2, 0) is 10.8 Å². The Hall–Kier alpha value is -0.670. The molecular formula is C15H21NOS. The van der Waals surface area contributed by atoms with Crippen molar-refractivity contribution in [3.63, 3.8) is 0 Å². The van der Waals surface area contributed by atoms with Crippen LogP contribution in [0.4, 0.5) is 0 Å². The van der Waals surface area contributed by atoms with Crippen molar-refractivity contribution in [2.24, 2.45) is 5.92 Å². The van der Waals surface area contributed by atoms with E-state index in [1.165, 1.54) is 24.0 Å². The first-order valence-electron chi connectivity index (χ1n) is 6.85. The van der Waals surface area contributed by atoms with E-state index in [0.717, 1.165) is 4.90 Å². The molecule has 0 saturated heterocycles. The molecule has 3 heteroatoms. The Morgan fingerprint density at radius 2 is 2.00 bits per heavy atom. The molecule has 4 unspecified atom stereocenters. The SMILES string of the molecule is Cc1cccc2c1S(=O)C(C)C(C)C2NC1CC1. The van der Waals surface area contributed by atoms with Gasteiger partial charge in [0, 0.05) is 22.2 Å². The van der Waals surface area contributed by atoms with Crippen LogP contribution in [0, 0.1) is 12.8 Å². The van der Waals surface area contributed by atoms with Crippen molar-refractivity contribution in [3.8, 4) is 0 Å². The van der Waals surface area contributed by atoms with E-state index in [0.29, 0.717) is 18.0 Å². The van der Waals surface area contributed by atoms with Gasteiger partial charge in [-0.15, -0.1) is 0 Å². The minimum atomic E-state index is -0.857. The van der Waals surface area contributed by atoms with Crippen LogP contribution >= 0.6 is 0 Å². The average Bonchev–Trinajstić information content (AvgIpc) is 3.15. The Kier molecular flexibility index (Phi) is 3.07. The van der Waals surface area contributed by atoms with E-state index in [1.54, 1.807) is 0 Å². The van der Waals surface area contributed by atoms with Crippen molar-refractivity contribution in [3.05, 3.63) is 29.3 Å². The lowest BCUT2D eigenvalue weighted by Gasteiger charge is -2.36. The largest absolute Gasteiger partial charge is 0.307 e. The van der Waals surface area contributed by atoms with E-state index in [1.807, 2.05) is 0 Å². The lowest BCUT2D eigenvalue weighted by atomic mass is 9.90. The normalized spacial score (nSPS) is 35.3. The summed E-state index contributed by atoms with van der Waals surface area (Å²) >= 11 is 0. The number of hydrogen-bond acceptors (Lipinski definition) is 2. The second-order valence-electron chi connectivity index (χ2n) is 5.77. The third-order valence-corrected chi connectivity index (χ3v) is 6.44. The molecule has 1 aliphatic heterocycles. The maximum atomic E-state index is 12.6. The zero-order valence-corrected chi connectivity index (χ0v) is 12.1. The van der Waals surface area contributed by atoms with E-state index in [9.17, 15) is 4.21 Å². The molecule has 0 spiro atoms. The molecule has 3 rings (SSSR count).